The molecule has 2 aliphatic heterocycles. The molecule has 0 spiro atoms. The largest absolute Gasteiger partial charge is 0.450 e. The third kappa shape index (κ3) is 4.37. The molecule has 2 atom stereocenters. The van der Waals surface area contributed by atoms with Gasteiger partial charge in [0.15, 0.2) is 0 Å². The van der Waals surface area contributed by atoms with Gasteiger partial charge >= 0.3 is 6.09 Å². The molecular formula is C18H23N3O4S. The van der Waals surface area contributed by atoms with E-state index in [-0.39, 0.29) is 17.9 Å². The van der Waals surface area contributed by atoms with Gasteiger partial charge in [-0.3, -0.25) is 14.9 Å². The summed E-state index contributed by atoms with van der Waals surface area (Å²) in [4.78, 5) is 36.3. The quantitative estimate of drug-likeness (QED) is 0.734. The number of imide groups is 1. The van der Waals surface area contributed by atoms with Crippen LogP contribution >= 0.6 is 11.8 Å². The van der Waals surface area contributed by atoms with Crippen molar-refractivity contribution in [3.63, 3.8) is 0 Å². The van der Waals surface area contributed by atoms with E-state index in [0.717, 1.165) is 25.3 Å². The third-order valence-corrected chi connectivity index (χ3v) is 5.83. The predicted octanol–water partition coefficient (Wildman–Crippen LogP) is 1.41. The van der Waals surface area contributed by atoms with E-state index in [9.17, 15) is 14.4 Å². The van der Waals surface area contributed by atoms with Gasteiger partial charge in [-0.25, -0.2) is 4.79 Å². The molecular weight excluding hydrogens is 354 g/mol. The minimum Gasteiger partial charge on any atom is -0.450 e. The van der Waals surface area contributed by atoms with Crippen molar-refractivity contribution in [2.75, 3.05) is 18.9 Å². The number of ether oxygens (including phenoxy) is 1. The molecule has 0 aromatic heterocycles. The number of carbonyl (C=O) groups excluding carboxylic acids is 3. The molecule has 140 valence electrons. The monoisotopic (exact) mass is 377 g/mol. The standard InChI is InChI=1S/C18H23N3O4S/c1-2-25-18(24)21-16(23)14-6-8-26-17(14)20-15(22)12-3-4-13-10-19-7-5-11(13)9-12/h3-4,9,14,17,19H,2,5-8,10H2,1H3,(H,20,22)(H,21,23,24). The first-order chi connectivity index (χ1) is 12.6. The Morgan fingerprint density at radius 3 is 2.96 bits per heavy atom. The predicted molar refractivity (Wildman–Crippen MR) is 98.8 cm³/mol. The minimum absolute atomic E-state index is 0.195. The number of alkyl carbamates (subject to hydrolysis) is 1. The number of fused-ring (bicyclic) bond motifs is 1. The smallest absolute Gasteiger partial charge is 0.413 e. The Bertz CT molecular complexity index is 710. The molecule has 0 radical (unpaired) electrons. The van der Waals surface area contributed by atoms with Crippen LogP contribution in [0.15, 0.2) is 18.2 Å². The van der Waals surface area contributed by atoms with E-state index < -0.39 is 17.9 Å². The third-order valence-electron chi connectivity index (χ3n) is 4.56. The Morgan fingerprint density at radius 2 is 2.15 bits per heavy atom. The highest BCUT2D eigenvalue weighted by Crippen LogP contribution is 2.31. The van der Waals surface area contributed by atoms with Gasteiger partial charge in [0, 0.05) is 12.1 Å². The fourth-order valence-corrected chi connectivity index (χ4v) is 4.52. The Morgan fingerprint density at radius 1 is 1.31 bits per heavy atom. The Hall–Kier alpha value is -2.06. The van der Waals surface area contributed by atoms with E-state index in [1.54, 1.807) is 6.92 Å². The fourth-order valence-electron chi connectivity index (χ4n) is 3.19. The first-order valence-electron chi connectivity index (χ1n) is 8.81. The van der Waals surface area contributed by atoms with Gasteiger partial charge in [0.05, 0.1) is 17.9 Å². The van der Waals surface area contributed by atoms with Crippen molar-refractivity contribution in [3.8, 4) is 0 Å². The second-order valence-corrected chi connectivity index (χ2v) is 7.53. The van der Waals surface area contributed by atoms with Gasteiger partial charge in [-0.1, -0.05) is 6.07 Å². The molecule has 2 heterocycles. The van der Waals surface area contributed by atoms with Gasteiger partial charge in [0.25, 0.3) is 5.91 Å². The van der Waals surface area contributed by atoms with Crippen molar-refractivity contribution in [1.29, 1.82) is 0 Å². The van der Waals surface area contributed by atoms with Gasteiger partial charge in [-0.2, -0.15) is 0 Å². The molecule has 0 saturated carbocycles. The molecule has 3 N–H and O–H groups in total. The Kier molecular flexibility index (Phi) is 6.16. The molecule has 1 fully saturated rings. The van der Waals surface area contributed by atoms with Crippen molar-refractivity contribution in [3.05, 3.63) is 34.9 Å². The fraction of sp³-hybridized carbons (Fsp3) is 0.500. The summed E-state index contributed by atoms with van der Waals surface area (Å²) in [5.74, 6) is -0.299. The van der Waals surface area contributed by atoms with E-state index in [4.69, 9.17) is 4.74 Å². The number of carbonyl (C=O) groups is 3. The van der Waals surface area contributed by atoms with E-state index in [2.05, 4.69) is 16.0 Å². The number of rotatable bonds is 4. The molecule has 1 saturated heterocycles. The van der Waals surface area contributed by atoms with Crippen LogP contribution in [0.3, 0.4) is 0 Å². The highest BCUT2D eigenvalue weighted by molar-refractivity contribution is 8.00. The molecule has 0 bridgehead atoms. The summed E-state index contributed by atoms with van der Waals surface area (Å²) in [7, 11) is 0. The lowest BCUT2D eigenvalue weighted by Gasteiger charge is -2.21. The molecule has 3 rings (SSSR count). The first-order valence-corrected chi connectivity index (χ1v) is 9.86. The SMILES string of the molecule is CCOC(=O)NC(=O)C1CCSC1NC(=O)c1ccc2c(c1)CCNC2. The first kappa shape index (κ1) is 18.7. The molecule has 3 amide bonds. The summed E-state index contributed by atoms with van der Waals surface area (Å²) >= 11 is 1.52. The molecule has 2 unspecified atom stereocenters. The van der Waals surface area contributed by atoms with Crippen molar-refractivity contribution in [1.82, 2.24) is 16.0 Å². The van der Waals surface area contributed by atoms with E-state index in [1.807, 2.05) is 18.2 Å². The molecule has 0 aliphatic carbocycles. The van der Waals surface area contributed by atoms with Crippen molar-refractivity contribution in [2.45, 2.75) is 31.7 Å². The number of benzene rings is 1. The van der Waals surface area contributed by atoms with Crippen LogP contribution in [0.2, 0.25) is 0 Å². The molecule has 26 heavy (non-hydrogen) atoms. The highest BCUT2D eigenvalue weighted by atomic mass is 32.2. The molecule has 1 aromatic carbocycles. The van der Waals surface area contributed by atoms with Gasteiger partial charge in [0.2, 0.25) is 5.91 Å². The average molecular weight is 377 g/mol. The highest BCUT2D eigenvalue weighted by Gasteiger charge is 2.35. The van der Waals surface area contributed by atoms with Crippen LogP contribution < -0.4 is 16.0 Å². The average Bonchev–Trinajstić information content (AvgIpc) is 3.09. The topological polar surface area (TPSA) is 96.5 Å². The maximum atomic E-state index is 12.6. The zero-order valence-electron chi connectivity index (χ0n) is 14.7. The molecule has 2 aliphatic rings. The lowest BCUT2D eigenvalue weighted by atomic mass is 9.98. The number of amides is 3. The summed E-state index contributed by atoms with van der Waals surface area (Å²) in [6.45, 7) is 3.61. The van der Waals surface area contributed by atoms with Crippen LogP contribution in [0.25, 0.3) is 0 Å². The summed E-state index contributed by atoms with van der Waals surface area (Å²) in [6, 6.07) is 5.72. The van der Waals surface area contributed by atoms with Crippen molar-refractivity contribution in [2.24, 2.45) is 5.92 Å². The van der Waals surface area contributed by atoms with Gasteiger partial charge < -0.3 is 15.4 Å². The minimum atomic E-state index is -0.747. The summed E-state index contributed by atoms with van der Waals surface area (Å²) in [5.41, 5.74) is 3.00. The van der Waals surface area contributed by atoms with Crippen molar-refractivity contribution < 1.29 is 19.1 Å². The van der Waals surface area contributed by atoms with Gasteiger partial charge in [-0.05, 0) is 55.3 Å². The van der Waals surface area contributed by atoms with Gasteiger partial charge in [0.1, 0.15) is 0 Å². The maximum Gasteiger partial charge on any atom is 0.413 e. The van der Waals surface area contributed by atoms with Crippen molar-refractivity contribution >= 4 is 29.7 Å². The molecule has 7 nitrogen and oxygen atoms in total. The Balaban J connectivity index is 1.62. The number of hydrogen-bond acceptors (Lipinski definition) is 6. The van der Waals surface area contributed by atoms with Crippen LogP contribution in [0.5, 0.6) is 0 Å². The van der Waals surface area contributed by atoms with Crippen LogP contribution in [0, 0.1) is 5.92 Å². The normalized spacial score (nSPS) is 21.6. The van der Waals surface area contributed by atoms with Gasteiger partial charge in [-0.15, -0.1) is 11.8 Å². The number of nitrogens with one attached hydrogen (secondary N) is 3. The Labute approximate surface area is 156 Å². The molecule has 8 heteroatoms. The second-order valence-electron chi connectivity index (χ2n) is 6.28. The van der Waals surface area contributed by atoms with Crippen LogP contribution in [-0.4, -0.2) is 42.2 Å². The van der Waals surface area contributed by atoms with E-state index >= 15 is 0 Å². The zero-order valence-corrected chi connectivity index (χ0v) is 15.5. The van der Waals surface area contributed by atoms with E-state index in [1.165, 1.54) is 22.9 Å². The zero-order chi connectivity index (χ0) is 18.5. The number of hydrogen-bond donors (Lipinski definition) is 3. The number of thioether (sulfide) groups is 1. The molecule has 1 aromatic rings. The lowest BCUT2D eigenvalue weighted by molar-refractivity contribution is -0.124. The van der Waals surface area contributed by atoms with Crippen LogP contribution in [0.4, 0.5) is 4.79 Å². The second kappa shape index (κ2) is 8.55. The summed E-state index contributed by atoms with van der Waals surface area (Å²) in [6.07, 6.45) is 0.762. The summed E-state index contributed by atoms with van der Waals surface area (Å²) < 4.78 is 4.74. The van der Waals surface area contributed by atoms with Crippen LogP contribution in [0.1, 0.15) is 34.8 Å². The summed E-state index contributed by atoms with van der Waals surface area (Å²) in [5, 5.41) is 8.12. The lowest BCUT2D eigenvalue weighted by Crippen LogP contribution is -2.44. The van der Waals surface area contributed by atoms with E-state index in [0.29, 0.717) is 12.0 Å². The van der Waals surface area contributed by atoms with Crippen LogP contribution in [-0.2, 0) is 22.5 Å². The maximum absolute atomic E-state index is 12.6.